The monoisotopic (exact) mass is 291 g/mol. The van der Waals surface area contributed by atoms with Crippen LogP contribution in [0.25, 0.3) is 10.9 Å². The molecule has 3 N–H and O–H groups in total. The fourth-order valence-electron chi connectivity index (χ4n) is 2.15. The van der Waals surface area contributed by atoms with Crippen molar-refractivity contribution in [1.82, 2.24) is 9.88 Å². The Hall–Kier alpha value is -2.05. The number of H-pyrrole nitrogens is 1. The minimum Gasteiger partial charge on any atom is -0.399 e. The van der Waals surface area contributed by atoms with E-state index in [1.54, 1.807) is 25.2 Å². The van der Waals surface area contributed by atoms with Gasteiger partial charge in [0.1, 0.15) is 5.69 Å². The smallest absolute Gasteiger partial charge is 0.270 e. The predicted octanol–water partition coefficient (Wildman–Crippen LogP) is 1.49. The van der Waals surface area contributed by atoms with Gasteiger partial charge in [0, 0.05) is 43.9 Å². The summed E-state index contributed by atoms with van der Waals surface area (Å²) in [4.78, 5) is 17.4. The molecule has 0 atom stereocenters. The van der Waals surface area contributed by atoms with Crippen molar-refractivity contribution in [2.24, 2.45) is 0 Å². The number of amides is 1. The van der Waals surface area contributed by atoms with Gasteiger partial charge in [-0.2, -0.15) is 0 Å². The number of methoxy groups -OCH3 is 2. The molecule has 6 nitrogen and oxygen atoms in total. The second-order valence-electron chi connectivity index (χ2n) is 4.81. The van der Waals surface area contributed by atoms with Gasteiger partial charge in [-0.3, -0.25) is 4.79 Å². The van der Waals surface area contributed by atoms with Gasteiger partial charge in [-0.15, -0.1) is 0 Å². The Kier molecular flexibility index (Phi) is 5.19. The first-order chi connectivity index (χ1) is 10.2. The van der Waals surface area contributed by atoms with Crippen LogP contribution in [0, 0.1) is 0 Å². The maximum Gasteiger partial charge on any atom is 0.270 e. The molecule has 0 aliphatic carbocycles. The minimum atomic E-state index is -0.0705. The molecule has 2 rings (SSSR count). The topological polar surface area (TPSA) is 80.6 Å². The number of hydrogen-bond acceptors (Lipinski definition) is 4. The van der Waals surface area contributed by atoms with Crippen molar-refractivity contribution >= 4 is 22.5 Å². The number of aromatic amines is 1. The molecular formula is C15H21N3O3. The maximum absolute atomic E-state index is 12.6. The normalized spacial score (nSPS) is 11.0. The van der Waals surface area contributed by atoms with Crippen molar-refractivity contribution in [3.05, 3.63) is 30.0 Å². The number of benzene rings is 1. The lowest BCUT2D eigenvalue weighted by atomic mass is 10.2. The third-order valence-electron chi connectivity index (χ3n) is 3.29. The zero-order chi connectivity index (χ0) is 15.2. The lowest BCUT2D eigenvalue weighted by molar-refractivity contribution is 0.0623. The third kappa shape index (κ3) is 3.74. The Balaban J connectivity index is 2.20. The van der Waals surface area contributed by atoms with Crippen molar-refractivity contribution in [1.29, 1.82) is 0 Å². The number of carbonyl (C=O) groups excluding carboxylic acids is 1. The summed E-state index contributed by atoms with van der Waals surface area (Å²) in [6.45, 7) is 2.03. The molecule has 0 saturated heterocycles. The van der Waals surface area contributed by atoms with Gasteiger partial charge in [0.25, 0.3) is 5.91 Å². The molecule has 1 heterocycles. The van der Waals surface area contributed by atoms with Gasteiger partial charge in [0.05, 0.1) is 13.2 Å². The zero-order valence-electron chi connectivity index (χ0n) is 12.4. The number of hydrogen-bond donors (Lipinski definition) is 2. The second kappa shape index (κ2) is 7.10. The molecular weight excluding hydrogens is 270 g/mol. The lowest BCUT2D eigenvalue weighted by Gasteiger charge is -2.21. The summed E-state index contributed by atoms with van der Waals surface area (Å²) in [6, 6.07) is 7.34. The second-order valence-corrected chi connectivity index (χ2v) is 4.81. The Bertz CT molecular complexity index is 601. The van der Waals surface area contributed by atoms with Crippen molar-refractivity contribution in [3.8, 4) is 0 Å². The number of nitrogens with one attached hydrogen (secondary N) is 1. The quantitative estimate of drug-likeness (QED) is 0.757. The van der Waals surface area contributed by atoms with Gasteiger partial charge >= 0.3 is 0 Å². The Morgan fingerprint density at radius 1 is 1.19 bits per heavy atom. The standard InChI is InChI=1S/C15H21N3O3/c1-20-7-5-18(6-8-21-2)15(19)14-10-11-9-12(16)3-4-13(11)17-14/h3-4,9-10,17H,5-8,16H2,1-2H3. The molecule has 21 heavy (non-hydrogen) atoms. The molecule has 0 bridgehead atoms. The molecule has 0 fully saturated rings. The van der Waals surface area contributed by atoms with Crippen molar-refractivity contribution in [2.45, 2.75) is 0 Å². The number of ether oxygens (including phenoxy) is 2. The van der Waals surface area contributed by atoms with Gasteiger partial charge in [-0.25, -0.2) is 0 Å². The number of rotatable bonds is 7. The highest BCUT2D eigenvalue weighted by Gasteiger charge is 2.17. The van der Waals surface area contributed by atoms with Gasteiger partial charge in [0.15, 0.2) is 0 Å². The minimum absolute atomic E-state index is 0.0705. The van der Waals surface area contributed by atoms with Crippen LogP contribution < -0.4 is 5.73 Å². The first-order valence-corrected chi connectivity index (χ1v) is 6.81. The van der Waals surface area contributed by atoms with Crippen molar-refractivity contribution in [2.75, 3.05) is 46.3 Å². The molecule has 0 spiro atoms. The Morgan fingerprint density at radius 2 is 1.86 bits per heavy atom. The van der Waals surface area contributed by atoms with Crippen LogP contribution >= 0.6 is 0 Å². The molecule has 1 aromatic carbocycles. The number of nitrogens with two attached hydrogens (primary N) is 1. The highest BCUT2D eigenvalue weighted by atomic mass is 16.5. The third-order valence-corrected chi connectivity index (χ3v) is 3.29. The largest absolute Gasteiger partial charge is 0.399 e. The average Bonchev–Trinajstić information content (AvgIpc) is 2.89. The highest BCUT2D eigenvalue weighted by molar-refractivity contribution is 5.98. The molecule has 0 aliphatic heterocycles. The molecule has 0 radical (unpaired) electrons. The fraction of sp³-hybridized carbons (Fsp3) is 0.400. The molecule has 2 aromatic rings. The zero-order valence-corrected chi connectivity index (χ0v) is 12.4. The predicted molar refractivity (Wildman–Crippen MR) is 82.4 cm³/mol. The average molecular weight is 291 g/mol. The van der Waals surface area contributed by atoms with Gasteiger partial charge < -0.3 is 25.1 Å². The maximum atomic E-state index is 12.6. The SMILES string of the molecule is COCCN(CCOC)C(=O)c1cc2cc(N)ccc2[nH]1. The summed E-state index contributed by atoms with van der Waals surface area (Å²) in [6.07, 6.45) is 0. The van der Waals surface area contributed by atoms with Gasteiger partial charge in [-0.05, 0) is 24.3 Å². The van der Waals surface area contributed by atoms with E-state index in [4.69, 9.17) is 15.2 Å². The Labute approximate surface area is 123 Å². The van der Waals surface area contributed by atoms with E-state index < -0.39 is 0 Å². The van der Waals surface area contributed by atoms with Crippen molar-refractivity contribution < 1.29 is 14.3 Å². The summed E-state index contributed by atoms with van der Waals surface area (Å²) in [5.74, 6) is -0.0705. The molecule has 6 heteroatoms. The first kappa shape index (κ1) is 15.3. The molecule has 114 valence electrons. The number of nitrogens with zero attached hydrogens (tertiary/aromatic N) is 1. The van der Waals surface area contributed by atoms with Crippen LogP contribution in [0.2, 0.25) is 0 Å². The van der Waals surface area contributed by atoms with Crippen LogP contribution in [0.4, 0.5) is 5.69 Å². The molecule has 1 amide bonds. The van der Waals surface area contributed by atoms with E-state index in [1.807, 2.05) is 18.2 Å². The number of anilines is 1. The van der Waals surface area contributed by atoms with E-state index in [0.717, 1.165) is 10.9 Å². The number of aromatic nitrogens is 1. The summed E-state index contributed by atoms with van der Waals surface area (Å²) in [7, 11) is 3.23. The Morgan fingerprint density at radius 3 is 2.48 bits per heavy atom. The highest BCUT2D eigenvalue weighted by Crippen LogP contribution is 2.19. The van der Waals surface area contributed by atoms with Crippen LogP contribution in [-0.2, 0) is 9.47 Å². The van der Waals surface area contributed by atoms with Crippen LogP contribution in [0.15, 0.2) is 24.3 Å². The first-order valence-electron chi connectivity index (χ1n) is 6.81. The molecule has 0 unspecified atom stereocenters. The van der Waals surface area contributed by atoms with E-state index >= 15 is 0 Å². The summed E-state index contributed by atoms with van der Waals surface area (Å²) in [5.41, 5.74) is 7.87. The van der Waals surface area contributed by atoms with Gasteiger partial charge in [-0.1, -0.05) is 0 Å². The van der Waals surface area contributed by atoms with E-state index in [-0.39, 0.29) is 5.91 Å². The summed E-state index contributed by atoms with van der Waals surface area (Å²) in [5, 5.41) is 0.928. The fourth-order valence-corrected chi connectivity index (χ4v) is 2.15. The number of carbonyl (C=O) groups is 1. The van der Waals surface area contributed by atoms with E-state index in [9.17, 15) is 4.79 Å². The summed E-state index contributed by atoms with van der Waals surface area (Å²) < 4.78 is 10.1. The molecule has 0 aliphatic rings. The van der Waals surface area contributed by atoms with Crippen LogP contribution in [0.3, 0.4) is 0 Å². The number of fused-ring (bicyclic) bond motifs is 1. The summed E-state index contributed by atoms with van der Waals surface area (Å²) >= 11 is 0. The van der Waals surface area contributed by atoms with Crippen LogP contribution in [0.5, 0.6) is 0 Å². The van der Waals surface area contributed by atoms with E-state index in [2.05, 4.69) is 4.98 Å². The lowest BCUT2D eigenvalue weighted by Crippen LogP contribution is -2.36. The van der Waals surface area contributed by atoms with E-state index in [1.165, 1.54) is 0 Å². The van der Waals surface area contributed by atoms with Crippen molar-refractivity contribution in [3.63, 3.8) is 0 Å². The molecule has 1 aromatic heterocycles. The van der Waals surface area contributed by atoms with Gasteiger partial charge in [0.2, 0.25) is 0 Å². The molecule has 0 saturated carbocycles. The van der Waals surface area contributed by atoms with Crippen LogP contribution in [0.1, 0.15) is 10.5 Å². The van der Waals surface area contributed by atoms with E-state index in [0.29, 0.717) is 37.7 Å². The van der Waals surface area contributed by atoms with Crippen LogP contribution in [-0.4, -0.2) is 56.3 Å². The number of nitrogen functional groups attached to an aromatic ring is 1.